The largest absolute Gasteiger partial charge is 0.495 e. The maximum Gasteiger partial charge on any atom is 0.314 e. The molecule has 130 valence electrons. The number of carbonyl (C=O) groups is 2. The van der Waals surface area contributed by atoms with Gasteiger partial charge in [-0.25, -0.2) is 0 Å². The van der Waals surface area contributed by atoms with Crippen molar-refractivity contribution in [3.8, 4) is 5.75 Å². The summed E-state index contributed by atoms with van der Waals surface area (Å²) in [4.78, 5) is 26.5. The van der Waals surface area contributed by atoms with Crippen LogP contribution in [-0.4, -0.2) is 30.4 Å². The van der Waals surface area contributed by atoms with Crippen LogP contribution in [0.5, 0.6) is 5.75 Å². The molecule has 0 unspecified atom stereocenters. The van der Waals surface area contributed by atoms with Crippen molar-refractivity contribution in [1.29, 1.82) is 0 Å². The van der Waals surface area contributed by atoms with E-state index in [9.17, 15) is 9.59 Å². The monoisotopic (exact) mass is 358 g/mol. The summed E-state index contributed by atoms with van der Waals surface area (Å²) in [6.07, 6.45) is 0.749. The lowest BCUT2D eigenvalue weighted by atomic mass is 10.00. The maximum absolute atomic E-state index is 12.5. The van der Waals surface area contributed by atoms with Gasteiger partial charge in [-0.15, -0.1) is 0 Å². The molecule has 0 saturated carbocycles. The van der Waals surface area contributed by atoms with Crippen LogP contribution in [0.2, 0.25) is 5.02 Å². The molecule has 1 heterocycles. The summed E-state index contributed by atoms with van der Waals surface area (Å²) < 4.78 is 5.23. The number of nitrogens with zero attached hydrogens (tertiary/aromatic N) is 1. The fraction of sp³-hybridized carbons (Fsp3) is 0.263. The SMILES string of the molecule is COc1cc(Cl)c(C)cc1NC(=O)C(=O)N1CCc2ccccc2C1. The molecule has 0 aliphatic carbocycles. The van der Waals surface area contributed by atoms with E-state index >= 15 is 0 Å². The first kappa shape index (κ1) is 17.3. The highest BCUT2D eigenvalue weighted by molar-refractivity contribution is 6.39. The van der Waals surface area contributed by atoms with Gasteiger partial charge in [0.25, 0.3) is 0 Å². The summed E-state index contributed by atoms with van der Waals surface area (Å²) in [5.74, 6) is -0.815. The number of amides is 2. The van der Waals surface area contributed by atoms with Crippen LogP contribution in [0.1, 0.15) is 16.7 Å². The van der Waals surface area contributed by atoms with E-state index in [-0.39, 0.29) is 0 Å². The molecule has 0 radical (unpaired) electrons. The molecule has 2 amide bonds. The molecule has 0 fully saturated rings. The van der Waals surface area contributed by atoms with Crippen LogP contribution in [0.25, 0.3) is 0 Å². The van der Waals surface area contributed by atoms with Crippen molar-refractivity contribution < 1.29 is 14.3 Å². The predicted octanol–water partition coefficient (Wildman–Crippen LogP) is 3.18. The Balaban J connectivity index is 1.74. The Labute approximate surface area is 151 Å². The number of rotatable bonds is 2. The van der Waals surface area contributed by atoms with Gasteiger partial charge in [0, 0.05) is 24.2 Å². The summed E-state index contributed by atoms with van der Waals surface area (Å²) in [6, 6.07) is 11.3. The highest BCUT2D eigenvalue weighted by Crippen LogP contribution is 2.31. The van der Waals surface area contributed by atoms with Crippen LogP contribution in [0.4, 0.5) is 5.69 Å². The maximum atomic E-state index is 12.5. The second kappa shape index (κ2) is 7.15. The van der Waals surface area contributed by atoms with Gasteiger partial charge >= 0.3 is 11.8 Å². The molecule has 3 rings (SSSR count). The molecule has 0 aromatic heterocycles. The zero-order valence-electron chi connectivity index (χ0n) is 14.1. The molecule has 1 N–H and O–H groups in total. The van der Waals surface area contributed by atoms with Gasteiger partial charge in [-0.1, -0.05) is 35.9 Å². The van der Waals surface area contributed by atoms with Gasteiger partial charge in [0.15, 0.2) is 0 Å². The molecule has 1 aliphatic rings. The summed E-state index contributed by atoms with van der Waals surface area (Å²) in [7, 11) is 1.49. The molecule has 6 heteroatoms. The summed E-state index contributed by atoms with van der Waals surface area (Å²) in [6.45, 7) is 2.79. The van der Waals surface area contributed by atoms with Crippen molar-refractivity contribution in [2.45, 2.75) is 19.9 Å². The van der Waals surface area contributed by atoms with E-state index < -0.39 is 11.8 Å². The van der Waals surface area contributed by atoms with Crippen LogP contribution in [0.15, 0.2) is 36.4 Å². The second-order valence-corrected chi connectivity index (χ2v) is 6.41. The third-order valence-electron chi connectivity index (χ3n) is 4.34. The first-order valence-electron chi connectivity index (χ1n) is 8.00. The third kappa shape index (κ3) is 3.61. The van der Waals surface area contributed by atoms with Crippen LogP contribution in [0.3, 0.4) is 0 Å². The molecule has 0 spiro atoms. The Bertz CT molecular complexity index is 835. The van der Waals surface area contributed by atoms with Crippen molar-refractivity contribution in [3.05, 3.63) is 58.1 Å². The van der Waals surface area contributed by atoms with Gasteiger partial charge in [-0.2, -0.15) is 0 Å². The lowest BCUT2D eigenvalue weighted by Gasteiger charge is -2.28. The molecular weight excluding hydrogens is 340 g/mol. The van der Waals surface area contributed by atoms with Crippen molar-refractivity contribution in [2.24, 2.45) is 0 Å². The van der Waals surface area contributed by atoms with E-state index in [0.29, 0.717) is 29.5 Å². The van der Waals surface area contributed by atoms with E-state index in [0.717, 1.165) is 17.5 Å². The topological polar surface area (TPSA) is 58.6 Å². The van der Waals surface area contributed by atoms with Gasteiger partial charge in [0.2, 0.25) is 0 Å². The normalized spacial score (nSPS) is 13.2. The number of fused-ring (bicyclic) bond motifs is 1. The minimum Gasteiger partial charge on any atom is -0.495 e. The van der Waals surface area contributed by atoms with E-state index in [4.69, 9.17) is 16.3 Å². The summed E-state index contributed by atoms with van der Waals surface area (Å²) >= 11 is 6.07. The molecule has 2 aromatic carbocycles. The van der Waals surface area contributed by atoms with Gasteiger partial charge in [0.1, 0.15) is 5.75 Å². The predicted molar refractivity (Wildman–Crippen MR) is 96.9 cm³/mol. The van der Waals surface area contributed by atoms with Crippen molar-refractivity contribution in [2.75, 3.05) is 19.0 Å². The number of aryl methyl sites for hydroxylation is 1. The van der Waals surface area contributed by atoms with Gasteiger partial charge in [-0.05, 0) is 36.1 Å². The fourth-order valence-electron chi connectivity index (χ4n) is 2.92. The number of hydrogen-bond acceptors (Lipinski definition) is 3. The molecule has 25 heavy (non-hydrogen) atoms. The summed E-state index contributed by atoms with van der Waals surface area (Å²) in [5.41, 5.74) is 3.52. The number of ether oxygens (including phenoxy) is 1. The van der Waals surface area contributed by atoms with E-state index in [2.05, 4.69) is 11.4 Å². The van der Waals surface area contributed by atoms with Crippen LogP contribution < -0.4 is 10.1 Å². The van der Waals surface area contributed by atoms with Gasteiger partial charge in [-0.3, -0.25) is 9.59 Å². The average Bonchev–Trinajstić information content (AvgIpc) is 2.63. The molecule has 1 aliphatic heterocycles. The Morgan fingerprint density at radius 1 is 1.20 bits per heavy atom. The van der Waals surface area contributed by atoms with E-state index in [1.807, 2.05) is 25.1 Å². The Morgan fingerprint density at radius 3 is 2.64 bits per heavy atom. The quantitative estimate of drug-likeness (QED) is 0.839. The molecule has 0 atom stereocenters. The van der Waals surface area contributed by atoms with E-state index in [1.54, 1.807) is 17.0 Å². The standard InChI is InChI=1S/C19H19ClN2O3/c1-12-9-16(17(25-2)10-15(12)20)21-18(23)19(24)22-8-7-13-5-3-4-6-14(13)11-22/h3-6,9-10H,7-8,11H2,1-2H3,(H,21,23). The Kier molecular flexibility index (Phi) is 4.95. The third-order valence-corrected chi connectivity index (χ3v) is 4.75. The summed E-state index contributed by atoms with van der Waals surface area (Å²) in [5, 5.41) is 3.17. The molecule has 5 nitrogen and oxygen atoms in total. The molecular formula is C19H19ClN2O3. The fourth-order valence-corrected chi connectivity index (χ4v) is 3.07. The van der Waals surface area contributed by atoms with E-state index in [1.165, 1.54) is 12.7 Å². The second-order valence-electron chi connectivity index (χ2n) is 6.00. The lowest BCUT2D eigenvalue weighted by Crippen LogP contribution is -2.42. The van der Waals surface area contributed by atoms with Gasteiger partial charge in [0.05, 0.1) is 12.8 Å². The minimum absolute atomic E-state index is 0.417. The zero-order valence-corrected chi connectivity index (χ0v) is 14.9. The highest BCUT2D eigenvalue weighted by Gasteiger charge is 2.26. The minimum atomic E-state index is -0.681. The molecule has 0 saturated heterocycles. The van der Waals surface area contributed by atoms with Crippen LogP contribution in [0, 0.1) is 6.92 Å². The number of benzene rings is 2. The van der Waals surface area contributed by atoms with Crippen LogP contribution >= 0.6 is 11.6 Å². The first-order chi connectivity index (χ1) is 12.0. The zero-order chi connectivity index (χ0) is 18.0. The number of carbonyl (C=O) groups excluding carboxylic acids is 2. The number of methoxy groups -OCH3 is 1. The average molecular weight is 359 g/mol. The van der Waals surface area contributed by atoms with Gasteiger partial charge < -0.3 is 15.0 Å². The van der Waals surface area contributed by atoms with Crippen LogP contribution in [-0.2, 0) is 22.6 Å². The van der Waals surface area contributed by atoms with Crippen molar-refractivity contribution in [1.82, 2.24) is 4.90 Å². The number of hydrogen-bond donors (Lipinski definition) is 1. The number of nitrogens with one attached hydrogen (secondary N) is 1. The molecule has 2 aromatic rings. The number of anilines is 1. The van der Waals surface area contributed by atoms with Crippen molar-refractivity contribution in [3.63, 3.8) is 0 Å². The van der Waals surface area contributed by atoms with Crippen molar-refractivity contribution >= 4 is 29.1 Å². The Morgan fingerprint density at radius 2 is 1.92 bits per heavy atom. The first-order valence-corrected chi connectivity index (χ1v) is 8.38. The highest BCUT2D eigenvalue weighted by atomic mass is 35.5. The molecule has 0 bridgehead atoms. The Hall–Kier alpha value is -2.53. The smallest absolute Gasteiger partial charge is 0.314 e. The lowest BCUT2D eigenvalue weighted by molar-refractivity contribution is -0.143. The number of halogens is 1.